The van der Waals surface area contributed by atoms with Crippen molar-refractivity contribution >= 4 is 22.5 Å². The number of nitrogens with zero attached hydrogens (tertiary/aromatic N) is 3. The maximum Gasteiger partial charge on any atom is 0.164 e. The Balaban J connectivity index is 1.77. The predicted octanol–water partition coefficient (Wildman–Crippen LogP) is 1.56. The Morgan fingerprint density at radius 2 is 2.08 bits per heavy atom. The molecule has 24 heavy (non-hydrogen) atoms. The maximum atomic E-state index is 10.2. The van der Waals surface area contributed by atoms with Gasteiger partial charge in [0.2, 0.25) is 0 Å². The molecule has 0 bridgehead atoms. The topological polar surface area (TPSA) is 73.3 Å². The van der Waals surface area contributed by atoms with Gasteiger partial charge in [-0.2, -0.15) is 0 Å². The van der Waals surface area contributed by atoms with Crippen LogP contribution in [0.1, 0.15) is 23.2 Å². The zero-order valence-corrected chi connectivity index (χ0v) is 14.6. The van der Waals surface area contributed by atoms with Gasteiger partial charge in [-0.15, -0.1) is 0 Å². The number of hydrogen-bond donors (Lipinski definition) is 3. The Hall–Kier alpha value is -1.92. The van der Waals surface area contributed by atoms with E-state index < -0.39 is 0 Å². The van der Waals surface area contributed by atoms with Crippen molar-refractivity contribution in [2.24, 2.45) is 0 Å². The van der Waals surface area contributed by atoms with Crippen LogP contribution < -0.4 is 10.6 Å². The van der Waals surface area contributed by atoms with Crippen molar-refractivity contribution in [3.63, 3.8) is 0 Å². The fourth-order valence-electron chi connectivity index (χ4n) is 4.10. The number of anilines is 2. The number of likely N-dealkylation sites (N-methyl/N-ethyl adjacent to an activating group) is 1. The molecular weight excluding hydrogens is 302 g/mol. The number of fused-ring (bicyclic) bond motifs is 2. The summed E-state index contributed by atoms with van der Waals surface area (Å²) >= 11 is 0. The van der Waals surface area contributed by atoms with Crippen molar-refractivity contribution in [1.82, 2.24) is 14.9 Å². The van der Waals surface area contributed by atoms with Gasteiger partial charge in [0.25, 0.3) is 0 Å². The number of aliphatic hydroxyl groups is 1. The highest BCUT2D eigenvalue weighted by atomic mass is 16.3. The van der Waals surface area contributed by atoms with Crippen LogP contribution in [0.25, 0.3) is 11.0 Å². The standard InChI is InChI=1S/C18H25N5O/c1-10-11-5-4-6-12(11)21-18-17(10)13(19-2)7-16(22-18)20-14-8-23(3)9-15(14)24/h7,14-15,24H,4-6,8-9H2,1-3H3,(H2,19,20,21,22). The van der Waals surface area contributed by atoms with Crippen molar-refractivity contribution in [3.8, 4) is 0 Å². The minimum Gasteiger partial charge on any atom is -0.390 e. The highest BCUT2D eigenvalue weighted by Gasteiger charge is 2.29. The number of rotatable bonds is 3. The molecule has 6 heteroatoms. The Labute approximate surface area is 142 Å². The molecule has 2 aromatic rings. The average Bonchev–Trinajstić information content (AvgIpc) is 3.13. The number of aliphatic hydroxyl groups excluding tert-OH is 1. The fourth-order valence-corrected chi connectivity index (χ4v) is 4.10. The lowest BCUT2D eigenvalue weighted by Gasteiger charge is -2.19. The summed E-state index contributed by atoms with van der Waals surface area (Å²) in [6, 6.07) is 2.03. The van der Waals surface area contributed by atoms with Crippen molar-refractivity contribution in [3.05, 3.63) is 22.9 Å². The first kappa shape index (κ1) is 15.6. The van der Waals surface area contributed by atoms with E-state index in [-0.39, 0.29) is 12.1 Å². The molecule has 1 aliphatic carbocycles. The van der Waals surface area contributed by atoms with E-state index in [1.807, 2.05) is 20.2 Å². The molecule has 0 amide bonds. The molecule has 128 valence electrons. The van der Waals surface area contributed by atoms with Crippen molar-refractivity contribution in [1.29, 1.82) is 0 Å². The van der Waals surface area contributed by atoms with Crippen LogP contribution in [-0.2, 0) is 12.8 Å². The number of nitrogens with one attached hydrogen (secondary N) is 2. The average molecular weight is 327 g/mol. The number of aryl methyl sites for hydroxylation is 2. The zero-order valence-electron chi connectivity index (χ0n) is 14.6. The molecule has 0 saturated carbocycles. The minimum atomic E-state index is -0.375. The van der Waals surface area contributed by atoms with E-state index in [0.29, 0.717) is 6.54 Å². The van der Waals surface area contributed by atoms with Gasteiger partial charge >= 0.3 is 0 Å². The summed E-state index contributed by atoms with van der Waals surface area (Å²) in [6.45, 7) is 3.68. The van der Waals surface area contributed by atoms with Gasteiger partial charge in [0.05, 0.1) is 12.1 Å². The van der Waals surface area contributed by atoms with E-state index in [4.69, 9.17) is 9.97 Å². The monoisotopic (exact) mass is 327 g/mol. The van der Waals surface area contributed by atoms with Crippen molar-refractivity contribution in [2.75, 3.05) is 37.8 Å². The van der Waals surface area contributed by atoms with Crippen LogP contribution >= 0.6 is 0 Å². The summed E-state index contributed by atoms with van der Waals surface area (Å²) in [4.78, 5) is 11.7. The summed E-state index contributed by atoms with van der Waals surface area (Å²) in [5.41, 5.74) is 5.74. The lowest BCUT2D eigenvalue weighted by molar-refractivity contribution is 0.174. The van der Waals surface area contributed by atoms with Crippen LogP contribution in [0.15, 0.2) is 6.07 Å². The quantitative estimate of drug-likeness (QED) is 0.794. The van der Waals surface area contributed by atoms with E-state index in [2.05, 4.69) is 22.5 Å². The zero-order chi connectivity index (χ0) is 16.8. The molecule has 0 spiro atoms. The number of likely N-dealkylation sites (tertiary alicyclic amines) is 1. The largest absolute Gasteiger partial charge is 0.390 e. The highest BCUT2D eigenvalue weighted by molar-refractivity contribution is 5.94. The lowest BCUT2D eigenvalue weighted by Crippen LogP contribution is -2.32. The maximum absolute atomic E-state index is 10.2. The Morgan fingerprint density at radius 1 is 1.25 bits per heavy atom. The van der Waals surface area contributed by atoms with Crippen LogP contribution in [-0.4, -0.2) is 59.3 Å². The Bertz CT molecular complexity index is 791. The summed E-state index contributed by atoms with van der Waals surface area (Å²) in [7, 11) is 3.95. The van der Waals surface area contributed by atoms with E-state index in [9.17, 15) is 5.11 Å². The SMILES string of the molecule is CNc1cc(NC2CN(C)CC2O)nc2nc3c(c(C)c12)CCC3. The van der Waals surface area contributed by atoms with Gasteiger partial charge in [-0.1, -0.05) is 0 Å². The van der Waals surface area contributed by atoms with Crippen LogP contribution in [0.3, 0.4) is 0 Å². The van der Waals surface area contributed by atoms with E-state index in [0.717, 1.165) is 41.9 Å². The summed E-state index contributed by atoms with van der Waals surface area (Å²) in [5, 5.41) is 18.0. The van der Waals surface area contributed by atoms with Gasteiger partial charge in [0, 0.05) is 43.0 Å². The molecule has 1 fully saturated rings. The normalized spacial score (nSPS) is 23.7. The Morgan fingerprint density at radius 3 is 2.79 bits per heavy atom. The first-order chi connectivity index (χ1) is 11.6. The lowest BCUT2D eigenvalue weighted by atomic mass is 10.0. The summed E-state index contributed by atoms with van der Waals surface area (Å²) in [6.07, 6.45) is 2.97. The molecular formula is C18H25N5O. The minimum absolute atomic E-state index is 0.000167. The number of aromatic nitrogens is 2. The van der Waals surface area contributed by atoms with Gasteiger partial charge in [0.15, 0.2) is 5.65 Å². The molecule has 1 aliphatic heterocycles. The molecule has 3 heterocycles. The highest BCUT2D eigenvalue weighted by Crippen LogP contribution is 2.34. The molecule has 2 aromatic heterocycles. The van der Waals surface area contributed by atoms with Gasteiger partial charge in [-0.05, 0) is 44.4 Å². The van der Waals surface area contributed by atoms with Gasteiger partial charge in [-0.25, -0.2) is 9.97 Å². The van der Waals surface area contributed by atoms with Crippen molar-refractivity contribution < 1.29 is 5.11 Å². The second-order valence-electron chi connectivity index (χ2n) is 7.06. The molecule has 1 saturated heterocycles. The van der Waals surface area contributed by atoms with Gasteiger partial charge < -0.3 is 20.6 Å². The van der Waals surface area contributed by atoms with E-state index in [1.165, 1.54) is 23.2 Å². The second-order valence-corrected chi connectivity index (χ2v) is 7.06. The molecule has 4 rings (SSSR count). The third-order valence-electron chi connectivity index (χ3n) is 5.33. The van der Waals surface area contributed by atoms with Crippen LogP contribution in [0, 0.1) is 6.92 Å². The number of pyridine rings is 2. The second kappa shape index (κ2) is 5.86. The van der Waals surface area contributed by atoms with Gasteiger partial charge in [0.1, 0.15) is 5.82 Å². The fraction of sp³-hybridized carbons (Fsp3) is 0.556. The van der Waals surface area contributed by atoms with Gasteiger partial charge in [-0.3, -0.25) is 0 Å². The third-order valence-corrected chi connectivity index (χ3v) is 5.33. The molecule has 2 aliphatic rings. The van der Waals surface area contributed by atoms with Crippen LogP contribution in [0.4, 0.5) is 11.5 Å². The van der Waals surface area contributed by atoms with E-state index >= 15 is 0 Å². The molecule has 6 nitrogen and oxygen atoms in total. The molecule has 3 N–H and O–H groups in total. The molecule has 0 aromatic carbocycles. The third kappa shape index (κ3) is 2.50. The van der Waals surface area contributed by atoms with Crippen LogP contribution in [0.5, 0.6) is 0 Å². The molecule has 2 unspecified atom stereocenters. The first-order valence-electron chi connectivity index (χ1n) is 8.71. The summed E-state index contributed by atoms with van der Waals surface area (Å²) < 4.78 is 0. The molecule has 2 atom stereocenters. The van der Waals surface area contributed by atoms with Crippen LogP contribution in [0.2, 0.25) is 0 Å². The Kier molecular flexibility index (Phi) is 3.81. The predicted molar refractivity (Wildman–Crippen MR) is 96.8 cm³/mol. The first-order valence-corrected chi connectivity index (χ1v) is 8.71. The number of β-amino-alcohol motifs (C(OH)–C–C–N with tert-alkyl or cyclic N) is 1. The van der Waals surface area contributed by atoms with Crippen molar-refractivity contribution in [2.45, 2.75) is 38.3 Å². The summed E-state index contributed by atoms with van der Waals surface area (Å²) in [5.74, 6) is 0.774. The van der Waals surface area contributed by atoms with E-state index in [1.54, 1.807) is 0 Å². The number of hydrogen-bond acceptors (Lipinski definition) is 6. The molecule has 0 radical (unpaired) electrons. The smallest absolute Gasteiger partial charge is 0.164 e.